The van der Waals surface area contributed by atoms with Crippen LogP contribution in [0.15, 0.2) is 24.3 Å². The van der Waals surface area contributed by atoms with Crippen LogP contribution in [0.2, 0.25) is 0 Å². The number of amides is 2. The standard InChI is InChI=1S/C15H18N2O2/c1-2-16-14(18)13-9-11-5-3-4-6-12(11)17(13)15(19)10-7-8-10/h3-6,10,13H,2,7-9H2,1H3,(H,16,18). The number of nitrogens with zero attached hydrogens (tertiary/aromatic N) is 1. The second kappa shape index (κ2) is 4.68. The van der Waals surface area contributed by atoms with Crippen LogP contribution in [0.25, 0.3) is 0 Å². The molecule has 1 aromatic rings. The van der Waals surface area contributed by atoms with E-state index in [2.05, 4.69) is 5.32 Å². The number of para-hydroxylation sites is 1. The highest BCUT2D eigenvalue weighted by atomic mass is 16.2. The van der Waals surface area contributed by atoms with Gasteiger partial charge >= 0.3 is 0 Å². The van der Waals surface area contributed by atoms with Crippen molar-refractivity contribution in [3.8, 4) is 0 Å². The molecule has 2 amide bonds. The van der Waals surface area contributed by atoms with Crippen molar-refractivity contribution in [2.24, 2.45) is 5.92 Å². The number of nitrogens with one attached hydrogen (secondary N) is 1. The average Bonchev–Trinajstić information content (AvgIpc) is 3.18. The van der Waals surface area contributed by atoms with Crippen LogP contribution in [-0.4, -0.2) is 24.4 Å². The zero-order chi connectivity index (χ0) is 13.4. The number of hydrogen-bond donors (Lipinski definition) is 1. The van der Waals surface area contributed by atoms with Crippen LogP contribution in [0.1, 0.15) is 25.3 Å². The van der Waals surface area contributed by atoms with Gasteiger partial charge in [0.15, 0.2) is 0 Å². The van der Waals surface area contributed by atoms with Gasteiger partial charge in [-0.25, -0.2) is 0 Å². The number of carbonyl (C=O) groups excluding carboxylic acids is 2. The van der Waals surface area contributed by atoms with Gasteiger partial charge in [0, 0.05) is 24.6 Å². The van der Waals surface area contributed by atoms with Crippen LogP contribution < -0.4 is 10.2 Å². The molecule has 0 aromatic heterocycles. The normalized spacial score (nSPS) is 21.1. The van der Waals surface area contributed by atoms with Crippen molar-refractivity contribution in [3.63, 3.8) is 0 Å². The first-order valence-electron chi connectivity index (χ1n) is 6.91. The minimum atomic E-state index is -0.370. The highest BCUT2D eigenvalue weighted by Crippen LogP contribution is 2.38. The molecular weight excluding hydrogens is 240 g/mol. The van der Waals surface area contributed by atoms with E-state index in [1.807, 2.05) is 31.2 Å². The van der Waals surface area contributed by atoms with Crippen molar-refractivity contribution in [3.05, 3.63) is 29.8 Å². The minimum Gasteiger partial charge on any atom is -0.355 e. The second-order valence-corrected chi connectivity index (χ2v) is 5.23. The third-order valence-corrected chi connectivity index (χ3v) is 3.79. The van der Waals surface area contributed by atoms with Gasteiger partial charge in [0.2, 0.25) is 11.8 Å². The van der Waals surface area contributed by atoms with Crippen molar-refractivity contribution >= 4 is 17.5 Å². The molecule has 19 heavy (non-hydrogen) atoms. The fraction of sp³-hybridized carbons (Fsp3) is 0.467. The topological polar surface area (TPSA) is 49.4 Å². The molecule has 3 rings (SSSR count). The smallest absolute Gasteiger partial charge is 0.243 e. The highest BCUT2D eigenvalue weighted by molar-refractivity contribution is 6.05. The lowest BCUT2D eigenvalue weighted by Gasteiger charge is -2.24. The summed E-state index contributed by atoms with van der Waals surface area (Å²) < 4.78 is 0. The monoisotopic (exact) mass is 258 g/mol. The molecule has 4 heteroatoms. The lowest BCUT2D eigenvalue weighted by atomic mass is 10.1. The summed E-state index contributed by atoms with van der Waals surface area (Å²) in [5.41, 5.74) is 2.00. The molecule has 2 aliphatic rings. The summed E-state index contributed by atoms with van der Waals surface area (Å²) in [5.74, 6) is 0.192. The van der Waals surface area contributed by atoms with Gasteiger partial charge in [-0.3, -0.25) is 14.5 Å². The fourth-order valence-corrected chi connectivity index (χ4v) is 2.69. The predicted octanol–water partition coefficient (Wildman–Crippen LogP) is 1.49. The predicted molar refractivity (Wildman–Crippen MR) is 72.8 cm³/mol. The molecule has 0 bridgehead atoms. The summed E-state index contributed by atoms with van der Waals surface area (Å²) in [6.45, 7) is 2.49. The van der Waals surface area contributed by atoms with Gasteiger partial charge in [0.25, 0.3) is 0 Å². The number of carbonyl (C=O) groups is 2. The van der Waals surface area contributed by atoms with Gasteiger partial charge in [-0.05, 0) is 31.4 Å². The molecule has 1 unspecified atom stereocenters. The lowest BCUT2D eigenvalue weighted by molar-refractivity contribution is -0.126. The van der Waals surface area contributed by atoms with E-state index in [1.165, 1.54) is 0 Å². The number of rotatable bonds is 3. The highest BCUT2D eigenvalue weighted by Gasteiger charge is 2.43. The summed E-state index contributed by atoms with van der Waals surface area (Å²) in [6.07, 6.45) is 2.54. The second-order valence-electron chi connectivity index (χ2n) is 5.23. The fourth-order valence-electron chi connectivity index (χ4n) is 2.69. The molecule has 1 heterocycles. The first-order chi connectivity index (χ1) is 9.22. The third-order valence-electron chi connectivity index (χ3n) is 3.79. The zero-order valence-corrected chi connectivity index (χ0v) is 11.1. The van der Waals surface area contributed by atoms with E-state index in [-0.39, 0.29) is 23.8 Å². The van der Waals surface area contributed by atoms with E-state index in [4.69, 9.17) is 0 Å². The van der Waals surface area contributed by atoms with Gasteiger partial charge in [-0.15, -0.1) is 0 Å². The molecule has 1 N–H and O–H groups in total. The van der Waals surface area contributed by atoms with Crippen molar-refractivity contribution in [1.82, 2.24) is 5.32 Å². The molecule has 4 nitrogen and oxygen atoms in total. The largest absolute Gasteiger partial charge is 0.355 e. The van der Waals surface area contributed by atoms with Crippen LogP contribution in [0.4, 0.5) is 5.69 Å². The SMILES string of the molecule is CCNC(=O)C1Cc2ccccc2N1C(=O)C1CC1. The summed E-state index contributed by atoms with van der Waals surface area (Å²) >= 11 is 0. The Bertz CT molecular complexity index is 523. The Morgan fingerprint density at radius 3 is 2.74 bits per heavy atom. The molecule has 1 aliphatic carbocycles. The molecule has 1 aromatic carbocycles. The van der Waals surface area contributed by atoms with E-state index >= 15 is 0 Å². The molecule has 1 atom stereocenters. The number of fused-ring (bicyclic) bond motifs is 1. The van der Waals surface area contributed by atoms with Gasteiger partial charge in [0.1, 0.15) is 6.04 Å². The maximum absolute atomic E-state index is 12.4. The molecule has 1 aliphatic heterocycles. The first kappa shape index (κ1) is 12.2. The van der Waals surface area contributed by atoms with Gasteiger partial charge < -0.3 is 5.32 Å². The van der Waals surface area contributed by atoms with E-state index < -0.39 is 0 Å². The van der Waals surface area contributed by atoms with E-state index in [9.17, 15) is 9.59 Å². The van der Waals surface area contributed by atoms with Crippen molar-refractivity contribution in [2.75, 3.05) is 11.4 Å². The maximum atomic E-state index is 12.4. The van der Waals surface area contributed by atoms with Crippen LogP contribution in [0, 0.1) is 5.92 Å². The number of hydrogen-bond acceptors (Lipinski definition) is 2. The van der Waals surface area contributed by atoms with E-state index in [0.717, 1.165) is 24.1 Å². The molecule has 1 fully saturated rings. The molecule has 0 radical (unpaired) electrons. The van der Waals surface area contributed by atoms with E-state index in [0.29, 0.717) is 13.0 Å². The van der Waals surface area contributed by atoms with Crippen molar-refractivity contribution in [1.29, 1.82) is 0 Å². The average molecular weight is 258 g/mol. The summed E-state index contributed by atoms with van der Waals surface area (Å²) in [4.78, 5) is 26.3. The third kappa shape index (κ3) is 2.11. The Morgan fingerprint density at radius 1 is 1.32 bits per heavy atom. The molecule has 0 spiro atoms. The number of likely N-dealkylation sites (N-methyl/N-ethyl adjacent to an activating group) is 1. The Hall–Kier alpha value is -1.84. The van der Waals surface area contributed by atoms with Crippen molar-refractivity contribution in [2.45, 2.75) is 32.2 Å². The maximum Gasteiger partial charge on any atom is 0.243 e. The minimum absolute atomic E-state index is 0.0484. The number of benzene rings is 1. The Morgan fingerprint density at radius 2 is 2.05 bits per heavy atom. The van der Waals surface area contributed by atoms with Gasteiger partial charge in [0.05, 0.1) is 0 Å². The summed E-state index contributed by atoms with van der Waals surface area (Å²) in [5, 5.41) is 2.83. The summed E-state index contributed by atoms with van der Waals surface area (Å²) in [7, 11) is 0. The van der Waals surface area contributed by atoms with Crippen LogP contribution in [-0.2, 0) is 16.0 Å². The van der Waals surface area contributed by atoms with Gasteiger partial charge in [-0.2, -0.15) is 0 Å². The quantitative estimate of drug-likeness (QED) is 0.893. The Balaban J connectivity index is 1.93. The molecule has 100 valence electrons. The first-order valence-corrected chi connectivity index (χ1v) is 6.91. The van der Waals surface area contributed by atoms with Crippen LogP contribution in [0.5, 0.6) is 0 Å². The van der Waals surface area contributed by atoms with E-state index in [1.54, 1.807) is 4.90 Å². The number of anilines is 1. The lowest BCUT2D eigenvalue weighted by Crippen LogP contribution is -2.48. The summed E-state index contributed by atoms with van der Waals surface area (Å²) in [6, 6.07) is 7.45. The van der Waals surface area contributed by atoms with Crippen LogP contribution in [0.3, 0.4) is 0 Å². The Labute approximate surface area is 112 Å². The van der Waals surface area contributed by atoms with Crippen molar-refractivity contribution < 1.29 is 9.59 Å². The molecule has 0 saturated heterocycles. The molecular formula is C15H18N2O2. The van der Waals surface area contributed by atoms with Gasteiger partial charge in [-0.1, -0.05) is 18.2 Å². The molecule has 1 saturated carbocycles. The zero-order valence-electron chi connectivity index (χ0n) is 11.1. The Kier molecular flexibility index (Phi) is 3.01. The van der Waals surface area contributed by atoms with Crippen LogP contribution >= 0.6 is 0 Å².